The van der Waals surface area contributed by atoms with Crippen LogP contribution in [0.25, 0.3) is 0 Å². The lowest BCUT2D eigenvalue weighted by Gasteiger charge is -2.09. The highest BCUT2D eigenvalue weighted by Crippen LogP contribution is 2.27. The van der Waals surface area contributed by atoms with Gasteiger partial charge in [-0.05, 0) is 29.8 Å². The zero-order valence-corrected chi connectivity index (χ0v) is 14.1. The van der Waals surface area contributed by atoms with Gasteiger partial charge in [0, 0.05) is 17.7 Å². The number of nitro groups is 1. The van der Waals surface area contributed by atoms with E-state index >= 15 is 0 Å². The highest BCUT2D eigenvalue weighted by Gasteiger charge is 2.11. The van der Waals surface area contributed by atoms with Gasteiger partial charge in [0.25, 0.3) is 11.6 Å². The van der Waals surface area contributed by atoms with Crippen molar-refractivity contribution in [2.24, 2.45) is 5.10 Å². The molecule has 0 atom stereocenters. The fourth-order valence-electron chi connectivity index (χ4n) is 2.01. The van der Waals surface area contributed by atoms with E-state index < -0.39 is 23.4 Å². The molecule has 10 heteroatoms. The maximum Gasteiger partial charge on any atom is 0.341 e. The average Bonchev–Trinajstić information content (AvgIpc) is 2.66. The zero-order valence-electron chi connectivity index (χ0n) is 14.1. The lowest BCUT2D eigenvalue weighted by atomic mass is 10.2. The summed E-state index contributed by atoms with van der Waals surface area (Å²) in [7, 11) is 1.40. The zero-order chi connectivity index (χ0) is 19.8. The number of carbonyl (C=O) groups excluding carboxylic acids is 1. The SMILES string of the molecule is COc1cc(/C=N\NC(=O)c2cccc([N+](=O)[O-])c2)ccc1OCC(=O)O. The molecule has 2 rings (SSSR count). The minimum atomic E-state index is -1.12. The van der Waals surface area contributed by atoms with Gasteiger partial charge < -0.3 is 14.6 Å². The van der Waals surface area contributed by atoms with Crippen molar-refractivity contribution in [3.63, 3.8) is 0 Å². The fourth-order valence-corrected chi connectivity index (χ4v) is 2.01. The minimum Gasteiger partial charge on any atom is -0.493 e. The third kappa shape index (κ3) is 5.53. The molecule has 0 radical (unpaired) electrons. The van der Waals surface area contributed by atoms with Gasteiger partial charge in [-0.15, -0.1) is 0 Å². The van der Waals surface area contributed by atoms with Crippen LogP contribution in [-0.2, 0) is 4.79 Å². The van der Waals surface area contributed by atoms with Crippen molar-refractivity contribution >= 4 is 23.8 Å². The van der Waals surface area contributed by atoms with Gasteiger partial charge in [-0.3, -0.25) is 14.9 Å². The van der Waals surface area contributed by atoms with E-state index in [0.717, 1.165) is 6.07 Å². The molecule has 2 aromatic carbocycles. The normalized spacial score (nSPS) is 10.4. The molecule has 0 aliphatic heterocycles. The summed E-state index contributed by atoms with van der Waals surface area (Å²) in [5, 5.41) is 23.2. The van der Waals surface area contributed by atoms with E-state index in [-0.39, 0.29) is 17.0 Å². The van der Waals surface area contributed by atoms with E-state index in [1.165, 1.54) is 37.6 Å². The molecule has 27 heavy (non-hydrogen) atoms. The molecule has 0 unspecified atom stereocenters. The van der Waals surface area contributed by atoms with Gasteiger partial charge in [0.15, 0.2) is 18.1 Å². The van der Waals surface area contributed by atoms with Crippen LogP contribution in [0.2, 0.25) is 0 Å². The molecule has 0 bridgehead atoms. The van der Waals surface area contributed by atoms with Crippen LogP contribution in [-0.4, -0.2) is 41.8 Å². The Morgan fingerprint density at radius 1 is 1.26 bits per heavy atom. The van der Waals surface area contributed by atoms with Crippen molar-refractivity contribution in [2.75, 3.05) is 13.7 Å². The highest BCUT2D eigenvalue weighted by molar-refractivity contribution is 5.95. The predicted molar refractivity (Wildman–Crippen MR) is 94.3 cm³/mol. The van der Waals surface area contributed by atoms with E-state index in [1.807, 2.05) is 0 Å². The van der Waals surface area contributed by atoms with E-state index in [1.54, 1.807) is 12.1 Å². The number of benzene rings is 2. The number of ether oxygens (including phenoxy) is 2. The van der Waals surface area contributed by atoms with E-state index in [0.29, 0.717) is 11.3 Å². The first-order valence-corrected chi connectivity index (χ1v) is 7.51. The first-order chi connectivity index (χ1) is 12.9. The van der Waals surface area contributed by atoms with Crippen LogP contribution >= 0.6 is 0 Å². The molecular weight excluding hydrogens is 358 g/mol. The second-order valence-corrected chi connectivity index (χ2v) is 5.10. The second kappa shape index (κ2) is 8.94. The first kappa shape index (κ1) is 19.4. The lowest BCUT2D eigenvalue weighted by Crippen LogP contribution is -2.17. The largest absolute Gasteiger partial charge is 0.493 e. The number of hydrogen-bond acceptors (Lipinski definition) is 7. The summed E-state index contributed by atoms with van der Waals surface area (Å²) in [5.41, 5.74) is 2.71. The number of rotatable bonds is 8. The van der Waals surface area contributed by atoms with Gasteiger partial charge in [-0.1, -0.05) is 6.07 Å². The highest BCUT2D eigenvalue weighted by atomic mass is 16.6. The lowest BCUT2D eigenvalue weighted by molar-refractivity contribution is -0.384. The number of carbonyl (C=O) groups is 2. The molecule has 10 nitrogen and oxygen atoms in total. The second-order valence-electron chi connectivity index (χ2n) is 5.10. The van der Waals surface area contributed by atoms with Crippen LogP contribution in [0.5, 0.6) is 11.5 Å². The molecule has 0 aliphatic rings. The molecule has 0 aliphatic carbocycles. The maximum absolute atomic E-state index is 12.0. The van der Waals surface area contributed by atoms with Crippen molar-refractivity contribution in [1.82, 2.24) is 5.43 Å². The summed E-state index contributed by atoms with van der Waals surface area (Å²) >= 11 is 0. The van der Waals surface area contributed by atoms with Gasteiger partial charge in [-0.2, -0.15) is 5.10 Å². The third-order valence-corrected chi connectivity index (χ3v) is 3.24. The van der Waals surface area contributed by atoms with Crippen LogP contribution in [0.15, 0.2) is 47.6 Å². The third-order valence-electron chi connectivity index (χ3n) is 3.24. The van der Waals surface area contributed by atoms with Crippen molar-refractivity contribution in [2.45, 2.75) is 0 Å². The number of non-ortho nitro benzene ring substituents is 1. The van der Waals surface area contributed by atoms with Crippen molar-refractivity contribution < 1.29 is 29.1 Å². The monoisotopic (exact) mass is 373 g/mol. The predicted octanol–water partition coefficient (Wildman–Crippen LogP) is 1.83. The Kier molecular flexibility index (Phi) is 6.42. The van der Waals surface area contributed by atoms with Crippen molar-refractivity contribution in [1.29, 1.82) is 0 Å². The number of nitrogens with one attached hydrogen (secondary N) is 1. The Morgan fingerprint density at radius 3 is 2.70 bits per heavy atom. The Bertz CT molecular complexity index is 896. The molecule has 2 aromatic rings. The number of carboxylic acid groups (broad SMARTS) is 1. The van der Waals surface area contributed by atoms with Gasteiger partial charge in [0.1, 0.15) is 0 Å². The summed E-state index contributed by atoms with van der Waals surface area (Å²) in [6, 6.07) is 9.88. The Morgan fingerprint density at radius 2 is 2.04 bits per heavy atom. The number of nitrogens with zero attached hydrogens (tertiary/aromatic N) is 2. The van der Waals surface area contributed by atoms with Crippen LogP contribution in [0.4, 0.5) is 5.69 Å². The molecule has 140 valence electrons. The molecule has 0 saturated heterocycles. The molecule has 0 fully saturated rings. The molecular formula is C17H15N3O7. The average molecular weight is 373 g/mol. The topological polar surface area (TPSA) is 140 Å². The molecule has 1 amide bonds. The maximum atomic E-state index is 12.0. The van der Waals surface area contributed by atoms with Crippen LogP contribution < -0.4 is 14.9 Å². The van der Waals surface area contributed by atoms with Crippen molar-refractivity contribution in [3.05, 3.63) is 63.7 Å². The summed E-state index contributed by atoms with van der Waals surface area (Å²) < 4.78 is 10.2. The van der Waals surface area contributed by atoms with Crippen LogP contribution in [0, 0.1) is 10.1 Å². The number of hydrogen-bond donors (Lipinski definition) is 2. The molecule has 0 spiro atoms. The standard InChI is InChI=1S/C17H15N3O7/c1-26-15-7-11(5-6-14(15)27-10-16(21)22)9-18-19-17(23)12-3-2-4-13(8-12)20(24)25/h2-9H,10H2,1H3,(H,19,23)(H,21,22)/b18-9-. The number of carboxylic acids is 1. The summed E-state index contributed by atoms with van der Waals surface area (Å²) in [4.78, 5) is 32.7. The van der Waals surface area contributed by atoms with E-state index in [9.17, 15) is 19.7 Å². The number of aliphatic carboxylic acids is 1. The van der Waals surface area contributed by atoms with Crippen LogP contribution in [0.1, 0.15) is 15.9 Å². The number of amides is 1. The molecule has 0 aromatic heterocycles. The quantitative estimate of drug-likeness (QED) is 0.408. The Hall–Kier alpha value is -3.95. The van der Waals surface area contributed by atoms with Crippen LogP contribution in [0.3, 0.4) is 0 Å². The summed E-state index contributed by atoms with van der Waals surface area (Å²) in [6.07, 6.45) is 1.33. The summed E-state index contributed by atoms with van der Waals surface area (Å²) in [5.74, 6) is -1.18. The number of methoxy groups -OCH3 is 1. The van der Waals surface area contributed by atoms with E-state index in [2.05, 4.69) is 10.5 Å². The molecule has 2 N–H and O–H groups in total. The van der Waals surface area contributed by atoms with Gasteiger partial charge in [-0.25, -0.2) is 10.2 Å². The Labute approximate surface area is 153 Å². The molecule has 0 saturated carbocycles. The minimum absolute atomic E-state index is 0.0938. The van der Waals surface area contributed by atoms with Gasteiger partial charge >= 0.3 is 5.97 Å². The smallest absolute Gasteiger partial charge is 0.341 e. The van der Waals surface area contributed by atoms with E-state index in [4.69, 9.17) is 14.6 Å². The molecule has 0 heterocycles. The first-order valence-electron chi connectivity index (χ1n) is 7.51. The number of nitro benzene ring substituents is 1. The van der Waals surface area contributed by atoms with Gasteiger partial charge in [0.05, 0.1) is 18.2 Å². The number of hydrazone groups is 1. The van der Waals surface area contributed by atoms with Gasteiger partial charge in [0.2, 0.25) is 0 Å². The Balaban J connectivity index is 2.05. The van der Waals surface area contributed by atoms with Crippen molar-refractivity contribution in [3.8, 4) is 11.5 Å². The fraction of sp³-hybridized carbons (Fsp3) is 0.118. The summed E-state index contributed by atoms with van der Waals surface area (Å²) in [6.45, 7) is -0.511.